The Morgan fingerprint density at radius 3 is 2.78 bits per heavy atom. The third-order valence-electron chi connectivity index (χ3n) is 4.09. The van der Waals surface area contributed by atoms with Crippen molar-refractivity contribution in [2.75, 3.05) is 6.54 Å². The lowest BCUT2D eigenvalue weighted by Gasteiger charge is -2.24. The Morgan fingerprint density at radius 1 is 1.13 bits per heavy atom. The van der Waals surface area contributed by atoms with Gasteiger partial charge in [-0.1, -0.05) is 18.2 Å². The molecule has 7 heteroatoms. The van der Waals surface area contributed by atoms with Gasteiger partial charge in [0.1, 0.15) is 0 Å². The van der Waals surface area contributed by atoms with Crippen LogP contribution in [0.2, 0.25) is 0 Å². The largest absolute Gasteiger partial charge is 0.348 e. The van der Waals surface area contributed by atoms with Gasteiger partial charge in [0.05, 0.1) is 28.7 Å². The number of hydrogen-bond donors (Lipinski definition) is 2. The zero-order valence-electron chi connectivity index (χ0n) is 12.3. The van der Waals surface area contributed by atoms with E-state index in [1.165, 1.54) is 3.97 Å². The van der Waals surface area contributed by atoms with Gasteiger partial charge in [0.2, 0.25) is 0 Å². The van der Waals surface area contributed by atoms with E-state index in [4.69, 9.17) is 0 Å². The van der Waals surface area contributed by atoms with E-state index < -0.39 is 10.0 Å². The highest BCUT2D eigenvalue weighted by Crippen LogP contribution is 2.28. The van der Waals surface area contributed by atoms with E-state index in [0.29, 0.717) is 5.69 Å². The minimum absolute atomic E-state index is 0.238. The van der Waals surface area contributed by atoms with Crippen molar-refractivity contribution in [1.82, 2.24) is 19.3 Å². The Bertz CT molecular complexity index is 928. The van der Waals surface area contributed by atoms with Crippen molar-refractivity contribution in [3.05, 3.63) is 72.1 Å². The summed E-state index contributed by atoms with van der Waals surface area (Å²) in [6, 6.07) is 11.8. The number of rotatable bonds is 3. The predicted molar refractivity (Wildman–Crippen MR) is 85.6 cm³/mol. The van der Waals surface area contributed by atoms with Crippen molar-refractivity contribution < 1.29 is 8.42 Å². The van der Waals surface area contributed by atoms with Crippen molar-refractivity contribution in [2.24, 2.45) is 0 Å². The van der Waals surface area contributed by atoms with Crippen LogP contribution in [0.1, 0.15) is 23.1 Å². The summed E-state index contributed by atoms with van der Waals surface area (Å²) in [6.45, 7) is 0.774. The van der Waals surface area contributed by atoms with E-state index in [1.54, 1.807) is 48.9 Å². The molecule has 0 amide bonds. The van der Waals surface area contributed by atoms with Gasteiger partial charge in [-0.3, -0.25) is 0 Å². The number of benzene rings is 1. The highest BCUT2D eigenvalue weighted by atomic mass is 32.2. The van der Waals surface area contributed by atoms with Crippen LogP contribution in [0.15, 0.2) is 59.9 Å². The fourth-order valence-electron chi connectivity index (χ4n) is 2.99. The van der Waals surface area contributed by atoms with Crippen LogP contribution in [0.4, 0.5) is 0 Å². The first kappa shape index (κ1) is 14.2. The molecule has 0 spiro atoms. The number of fused-ring (bicyclic) bond motifs is 1. The normalized spacial score (nSPS) is 17.8. The quantitative estimate of drug-likeness (QED) is 0.767. The standard InChI is InChI=1S/C16H16N4O2S/c21-23(22,12-5-2-1-3-6-12)20-10-4-7-14(20)16-15-13(8-9-17-16)18-11-19-15/h1-7,10-11,16-17H,8-9H2,(H,18,19)/t16-/m0/s1. The smallest absolute Gasteiger partial charge is 0.267 e. The van der Waals surface area contributed by atoms with Crippen LogP contribution in [0.25, 0.3) is 0 Å². The fourth-order valence-corrected chi connectivity index (χ4v) is 4.39. The Labute approximate surface area is 134 Å². The summed E-state index contributed by atoms with van der Waals surface area (Å²) >= 11 is 0. The van der Waals surface area contributed by atoms with Crippen LogP contribution < -0.4 is 5.32 Å². The Hall–Kier alpha value is -2.38. The number of nitrogens with zero attached hydrogens (tertiary/aromatic N) is 2. The van der Waals surface area contributed by atoms with Crippen molar-refractivity contribution in [1.29, 1.82) is 0 Å². The molecule has 3 heterocycles. The van der Waals surface area contributed by atoms with E-state index in [2.05, 4.69) is 15.3 Å². The molecule has 23 heavy (non-hydrogen) atoms. The maximum absolute atomic E-state index is 12.9. The van der Waals surface area contributed by atoms with E-state index >= 15 is 0 Å². The molecule has 0 saturated carbocycles. The highest BCUT2D eigenvalue weighted by molar-refractivity contribution is 7.90. The number of aromatic nitrogens is 3. The first-order valence-corrected chi connectivity index (χ1v) is 8.85. The van der Waals surface area contributed by atoms with Crippen LogP contribution in [0, 0.1) is 0 Å². The third-order valence-corrected chi connectivity index (χ3v) is 5.81. The molecule has 0 unspecified atom stereocenters. The molecule has 1 aliphatic rings. The average Bonchev–Trinajstić information content (AvgIpc) is 3.24. The second kappa shape index (κ2) is 5.36. The maximum atomic E-state index is 12.9. The summed E-state index contributed by atoms with van der Waals surface area (Å²) < 4.78 is 27.2. The topological polar surface area (TPSA) is 79.8 Å². The lowest BCUT2D eigenvalue weighted by molar-refractivity contribution is 0.532. The fraction of sp³-hybridized carbons (Fsp3) is 0.188. The van der Waals surface area contributed by atoms with E-state index in [1.807, 2.05) is 6.07 Å². The van der Waals surface area contributed by atoms with Crippen LogP contribution in [0.3, 0.4) is 0 Å². The molecule has 0 aliphatic carbocycles. The first-order valence-electron chi connectivity index (χ1n) is 7.41. The number of imidazole rings is 1. The van der Waals surface area contributed by atoms with Gasteiger partial charge in [-0.25, -0.2) is 17.4 Å². The first-order chi connectivity index (χ1) is 11.2. The summed E-state index contributed by atoms with van der Waals surface area (Å²) in [5.74, 6) is 0. The SMILES string of the molecule is O=S(=O)(c1ccccc1)n1cccc1[C@@H]1NCCc2[nH]cnc21. The summed E-state index contributed by atoms with van der Waals surface area (Å²) in [6.07, 6.45) is 4.10. The van der Waals surface area contributed by atoms with E-state index in [0.717, 1.165) is 24.4 Å². The molecule has 0 saturated heterocycles. The predicted octanol–water partition coefficient (Wildman–Crippen LogP) is 1.68. The van der Waals surface area contributed by atoms with Crippen LogP contribution in [-0.2, 0) is 16.4 Å². The lowest BCUT2D eigenvalue weighted by atomic mass is 10.0. The van der Waals surface area contributed by atoms with Gasteiger partial charge in [-0.05, 0) is 24.3 Å². The van der Waals surface area contributed by atoms with E-state index in [9.17, 15) is 8.42 Å². The molecule has 1 aliphatic heterocycles. The molecule has 118 valence electrons. The Morgan fingerprint density at radius 2 is 1.96 bits per heavy atom. The number of aromatic amines is 1. The Kier molecular flexibility index (Phi) is 3.32. The summed E-state index contributed by atoms with van der Waals surface area (Å²) in [5, 5.41) is 3.36. The molecule has 2 N–H and O–H groups in total. The number of hydrogen-bond acceptors (Lipinski definition) is 4. The molecule has 3 aromatic rings. The van der Waals surface area contributed by atoms with Gasteiger partial charge in [0.25, 0.3) is 10.0 Å². The lowest BCUT2D eigenvalue weighted by Crippen LogP contribution is -2.33. The molecule has 4 rings (SSSR count). The molecule has 2 aromatic heterocycles. The second-order valence-electron chi connectivity index (χ2n) is 5.45. The van der Waals surface area contributed by atoms with Crippen molar-refractivity contribution in [3.63, 3.8) is 0 Å². The van der Waals surface area contributed by atoms with Gasteiger partial charge >= 0.3 is 0 Å². The number of nitrogens with one attached hydrogen (secondary N) is 2. The molecule has 0 bridgehead atoms. The van der Waals surface area contributed by atoms with Crippen molar-refractivity contribution in [3.8, 4) is 0 Å². The zero-order chi connectivity index (χ0) is 15.9. The summed E-state index contributed by atoms with van der Waals surface area (Å²) in [4.78, 5) is 7.77. The molecular weight excluding hydrogens is 312 g/mol. The third kappa shape index (κ3) is 2.29. The minimum atomic E-state index is -3.62. The van der Waals surface area contributed by atoms with Gasteiger partial charge in [-0.15, -0.1) is 0 Å². The molecule has 0 radical (unpaired) electrons. The maximum Gasteiger partial charge on any atom is 0.267 e. The summed E-state index contributed by atoms with van der Waals surface area (Å²) in [5.41, 5.74) is 2.58. The van der Waals surface area contributed by atoms with Crippen LogP contribution in [-0.4, -0.2) is 28.9 Å². The van der Waals surface area contributed by atoms with Crippen molar-refractivity contribution >= 4 is 10.0 Å². The average molecular weight is 328 g/mol. The second-order valence-corrected chi connectivity index (χ2v) is 7.27. The molecule has 1 atom stereocenters. The molecular formula is C16H16N4O2S. The Balaban J connectivity index is 1.82. The van der Waals surface area contributed by atoms with Gasteiger partial charge < -0.3 is 10.3 Å². The number of H-pyrrole nitrogens is 1. The minimum Gasteiger partial charge on any atom is -0.348 e. The molecule has 6 nitrogen and oxygen atoms in total. The van der Waals surface area contributed by atoms with Gasteiger partial charge in [0, 0.05) is 24.9 Å². The molecule has 1 aromatic carbocycles. The van der Waals surface area contributed by atoms with Gasteiger partial charge in [0.15, 0.2) is 0 Å². The highest BCUT2D eigenvalue weighted by Gasteiger charge is 2.29. The van der Waals surface area contributed by atoms with Crippen molar-refractivity contribution in [2.45, 2.75) is 17.4 Å². The van der Waals surface area contributed by atoms with Gasteiger partial charge in [-0.2, -0.15) is 0 Å². The monoisotopic (exact) mass is 328 g/mol. The summed E-state index contributed by atoms with van der Waals surface area (Å²) in [7, 11) is -3.62. The zero-order valence-corrected chi connectivity index (χ0v) is 13.1. The van der Waals surface area contributed by atoms with E-state index in [-0.39, 0.29) is 10.9 Å². The molecule has 0 fully saturated rings. The van der Waals surface area contributed by atoms with Crippen LogP contribution >= 0.6 is 0 Å². The van der Waals surface area contributed by atoms with Crippen LogP contribution in [0.5, 0.6) is 0 Å².